The lowest BCUT2D eigenvalue weighted by Gasteiger charge is -2.61. The molecule has 7 rings (SSSR count). The summed E-state index contributed by atoms with van der Waals surface area (Å²) in [6, 6.07) is 12.5. The lowest BCUT2D eigenvalue weighted by atomic mass is 9.45. The van der Waals surface area contributed by atoms with Crippen molar-refractivity contribution >= 4 is 40.8 Å². The summed E-state index contributed by atoms with van der Waals surface area (Å²) in [5, 5.41) is 8.56. The van der Waals surface area contributed by atoms with E-state index in [2.05, 4.69) is 49.3 Å². The number of carbonyl (C=O) groups excluding carboxylic acids is 1. The fourth-order valence-corrected chi connectivity index (χ4v) is 8.21. The van der Waals surface area contributed by atoms with Gasteiger partial charge in [0.2, 0.25) is 0 Å². The van der Waals surface area contributed by atoms with Crippen molar-refractivity contribution in [3.63, 3.8) is 0 Å². The van der Waals surface area contributed by atoms with Gasteiger partial charge in [-0.3, -0.25) is 4.79 Å². The van der Waals surface area contributed by atoms with Crippen LogP contribution >= 0.6 is 23.2 Å². The molecule has 5 aliphatic rings. The van der Waals surface area contributed by atoms with Crippen molar-refractivity contribution in [1.29, 1.82) is 0 Å². The molecule has 0 spiro atoms. The highest BCUT2D eigenvalue weighted by Crippen LogP contribution is 2.61. The molecular weight excluding hydrogens is 553 g/mol. The van der Waals surface area contributed by atoms with E-state index in [0.717, 1.165) is 66.2 Å². The third-order valence-corrected chi connectivity index (χ3v) is 11.1. The fraction of sp³-hybridized carbons (Fsp3) is 0.576. The summed E-state index contributed by atoms with van der Waals surface area (Å²) in [4.78, 5) is 23.2. The van der Waals surface area contributed by atoms with Crippen LogP contribution in [-0.4, -0.2) is 66.5 Å². The molecule has 2 aromatic rings. The molecule has 3 saturated carbocycles. The van der Waals surface area contributed by atoms with E-state index in [1.807, 2.05) is 29.2 Å². The number of guanidine groups is 1. The Morgan fingerprint density at radius 3 is 2.68 bits per heavy atom. The minimum absolute atomic E-state index is 0.0885. The van der Waals surface area contributed by atoms with Gasteiger partial charge in [-0.2, -0.15) is 0 Å². The van der Waals surface area contributed by atoms with E-state index in [1.165, 1.54) is 12.8 Å². The quantitative estimate of drug-likeness (QED) is 0.311. The maximum Gasteiger partial charge on any atom is 0.254 e. The Hall–Kier alpha value is -2.28. The smallest absolute Gasteiger partial charge is 0.254 e. The molecule has 0 aromatic heterocycles. The number of aliphatic imine (C=N–C) groups is 1. The van der Waals surface area contributed by atoms with Gasteiger partial charge in [0, 0.05) is 60.1 Å². The van der Waals surface area contributed by atoms with Crippen LogP contribution in [0.3, 0.4) is 0 Å². The SMILES string of the molecule is C[C@@H]1[C@@H](N=C(Nc2ccc3c(c2)CCN(CCc2ccc(Cl)cc2Cl)C3=O)N2CCN[C@@H](C)C2)C[C@H]2C[C@@H]1C2(C)C. The Kier molecular flexibility index (Phi) is 8.03. The summed E-state index contributed by atoms with van der Waals surface area (Å²) < 4.78 is 0. The van der Waals surface area contributed by atoms with Gasteiger partial charge in [0.15, 0.2) is 5.96 Å². The molecule has 1 amide bonds. The lowest BCUT2D eigenvalue weighted by molar-refractivity contribution is -0.108. The van der Waals surface area contributed by atoms with Crippen molar-refractivity contribution in [2.24, 2.45) is 28.2 Å². The molecule has 2 bridgehead atoms. The van der Waals surface area contributed by atoms with Gasteiger partial charge in [0.05, 0.1) is 6.04 Å². The zero-order valence-corrected chi connectivity index (χ0v) is 26.2. The van der Waals surface area contributed by atoms with Crippen LogP contribution < -0.4 is 10.6 Å². The van der Waals surface area contributed by atoms with Crippen molar-refractivity contribution in [2.75, 3.05) is 38.0 Å². The largest absolute Gasteiger partial charge is 0.340 e. The number of rotatable bonds is 5. The Labute approximate surface area is 254 Å². The molecule has 0 unspecified atom stereocenters. The minimum Gasteiger partial charge on any atom is -0.340 e. The maximum atomic E-state index is 13.4. The highest BCUT2D eigenvalue weighted by molar-refractivity contribution is 6.35. The van der Waals surface area contributed by atoms with Crippen LogP contribution in [0, 0.1) is 23.2 Å². The predicted molar refractivity (Wildman–Crippen MR) is 169 cm³/mol. The number of hydrogen-bond donors (Lipinski definition) is 2. The van der Waals surface area contributed by atoms with Crippen LogP contribution in [0.1, 0.15) is 62.0 Å². The first-order valence-corrected chi connectivity index (χ1v) is 16.0. The summed E-state index contributed by atoms with van der Waals surface area (Å²) in [5.74, 6) is 3.19. The zero-order chi connectivity index (χ0) is 28.9. The van der Waals surface area contributed by atoms with Crippen molar-refractivity contribution in [3.05, 3.63) is 63.1 Å². The Balaban J connectivity index is 1.18. The normalized spacial score (nSPS) is 29.2. The fourth-order valence-electron chi connectivity index (χ4n) is 7.70. The van der Waals surface area contributed by atoms with Crippen LogP contribution in [0.25, 0.3) is 0 Å². The Morgan fingerprint density at radius 2 is 1.95 bits per heavy atom. The molecule has 3 aliphatic carbocycles. The van der Waals surface area contributed by atoms with Gasteiger partial charge in [-0.15, -0.1) is 0 Å². The van der Waals surface area contributed by atoms with Crippen LogP contribution in [0.5, 0.6) is 0 Å². The third-order valence-electron chi connectivity index (χ3n) is 10.5. The van der Waals surface area contributed by atoms with Crippen molar-refractivity contribution in [1.82, 2.24) is 15.1 Å². The predicted octanol–water partition coefficient (Wildman–Crippen LogP) is 6.37. The Bertz CT molecular complexity index is 1340. The summed E-state index contributed by atoms with van der Waals surface area (Å²) >= 11 is 12.4. The van der Waals surface area contributed by atoms with Gasteiger partial charge >= 0.3 is 0 Å². The molecule has 2 heterocycles. The van der Waals surface area contributed by atoms with Crippen LogP contribution in [0.15, 0.2) is 41.4 Å². The molecular formula is C33H43Cl2N5O. The molecule has 5 atom stereocenters. The van der Waals surface area contributed by atoms with Gasteiger partial charge in [-0.05, 0) is 97.2 Å². The number of piperazine rings is 1. The standard InChI is InChI=1S/C33H43Cl2N5O/c1-20-19-40(14-11-36-20)32(38-30-17-24-16-28(21(30)2)33(24,3)4)37-26-7-8-27-23(15-26)10-13-39(31(27)41)12-9-22-5-6-25(34)18-29(22)35/h5-8,15,18,20-21,24,28,30,36H,9-14,16-17,19H2,1-4H3,(H,37,38)/t20-,21-,24+,28-,30-/m0/s1. The number of halogens is 2. The molecule has 41 heavy (non-hydrogen) atoms. The average Bonchev–Trinajstić information content (AvgIpc) is 2.94. The topological polar surface area (TPSA) is 60.0 Å². The molecule has 220 valence electrons. The number of nitrogens with one attached hydrogen (secondary N) is 2. The van der Waals surface area contributed by atoms with Crippen LogP contribution in [-0.2, 0) is 12.8 Å². The number of carbonyl (C=O) groups is 1. The minimum atomic E-state index is 0.0885. The average molecular weight is 597 g/mol. The Morgan fingerprint density at radius 1 is 1.12 bits per heavy atom. The van der Waals surface area contributed by atoms with Crippen molar-refractivity contribution in [2.45, 2.75) is 65.5 Å². The first kappa shape index (κ1) is 28.8. The van der Waals surface area contributed by atoms with E-state index >= 15 is 0 Å². The lowest BCUT2D eigenvalue weighted by Crippen LogP contribution is -2.57. The zero-order valence-electron chi connectivity index (χ0n) is 24.7. The first-order chi connectivity index (χ1) is 19.6. The first-order valence-electron chi connectivity index (χ1n) is 15.3. The van der Waals surface area contributed by atoms with Gasteiger partial charge in [-0.25, -0.2) is 4.99 Å². The van der Waals surface area contributed by atoms with Crippen LogP contribution in [0.4, 0.5) is 5.69 Å². The van der Waals surface area contributed by atoms with Gasteiger partial charge in [0.25, 0.3) is 5.91 Å². The van der Waals surface area contributed by atoms with E-state index in [9.17, 15) is 4.79 Å². The summed E-state index contributed by atoms with van der Waals surface area (Å²) in [5.41, 5.74) is 4.36. The number of benzene rings is 2. The number of anilines is 1. The van der Waals surface area contributed by atoms with E-state index in [1.54, 1.807) is 6.07 Å². The van der Waals surface area contributed by atoms with E-state index < -0.39 is 0 Å². The molecule has 2 aliphatic heterocycles. The maximum absolute atomic E-state index is 13.4. The molecule has 0 radical (unpaired) electrons. The third kappa shape index (κ3) is 5.72. The number of hydrogen-bond acceptors (Lipinski definition) is 3. The molecule has 8 heteroatoms. The monoisotopic (exact) mass is 595 g/mol. The second kappa shape index (κ2) is 11.4. The molecule has 2 N–H and O–H groups in total. The summed E-state index contributed by atoms with van der Waals surface area (Å²) in [6.07, 6.45) is 4.07. The van der Waals surface area contributed by atoms with E-state index in [0.29, 0.717) is 53.0 Å². The van der Waals surface area contributed by atoms with E-state index in [4.69, 9.17) is 28.2 Å². The number of fused-ring (bicyclic) bond motifs is 3. The summed E-state index contributed by atoms with van der Waals surface area (Å²) in [7, 11) is 0. The van der Waals surface area contributed by atoms with Crippen molar-refractivity contribution in [3.8, 4) is 0 Å². The second-order valence-electron chi connectivity index (χ2n) is 13.3. The van der Waals surface area contributed by atoms with E-state index in [-0.39, 0.29) is 5.91 Å². The molecule has 6 nitrogen and oxygen atoms in total. The van der Waals surface area contributed by atoms with Crippen molar-refractivity contribution < 1.29 is 4.79 Å². The number of amides is 1. The highest BCUT2D eigenvalue weighted by Gasteiger charge is 2.56. The summed E-state index contributed by atoms with van der Waals surface area (Å²) in [6.45, 7) is 13.7. The van der Waals surface area contributed by atoms with Gasteiger partial charge < -0.3 is 20.4 Å². The van der Waals surface area contributed by atoms with Gasteiger partial charge in [0.1, 0.15) is 0 Å². The van der Waals surface area contributed by atoms with Crippen LogP contribution in [0.2, 0.25) is 10.0 Å². The van der Waals surface area contributed by atoms with Gasteiger partial charge in [-0.1, -0.05) is 50.0 Å². The molecule has 2 aromatic carbocycles. The second-order valence-corrected chi connectivity index (χ2v) is 14.1. The molecule has 1 saturated heterocycles. The number of nitrogens with zero attached hydrogens (tertiary/aromatic N) is 3. The molecule has 4 fully saturated rings. The highest BCUT2D eigenvalue weighted by atomic mass is 35.5.